The van der Waals surface area contributed by atoms with Gasteiger partial charge >= 0.3 is 0 Å². The lowest BCUT2D eigenvalue weighted by atomic mass is 10.2. The molecule has 3 aromatic rings. The quantitative estimate of drug-likeness (QED) is 0.451. The molecule has 2 aromatic carbocycles. The van der Waals surface area contributed by atoms with Crippen LogP contribution in [-0.2, 0) is 11.8 Å². The van der Waals surface area contributed by atoms with Gasteiger partial charge in [0.15, 0.2) is 4.32 Å². The lowest BCUT2D eigenvalue weighted by molar-refractivity contribution is -0.113. The Kier molecular flexibility index (Phi) is 5.57. The lowest BCUT2D eigenvalue weighted by Gasteiger charge is -2.12. The number of allylic oxidation sites excluding steroid dienone is 2. The second-order valence-electron chi connectivity index (χ2n) is 6.72. The number of hydrogen-bond donors (Lipinski definition) is 0. The molecule has 1 amide bonds. The van der Waals surface area contributed by atoms with E-state index in [2.05, 4.69) is 0 Å². The Hall–Kier alpha value is -3.16. The molecule has 0 aliphatic carbocycles. The van der Waals surface area contributed by atoms with Crippen LogP contribution in [0.3, 0.4) is 0 Å². The molecule has 1 fully saturated rings. The summed E-state index contributed by atoms with van der Waals surface area (Å²) in [5, 5.41) is 0. The molecule has 0 radical (unpaired) electrons. The first-order chi connectivity index (χ1) is 14.5. The fraction of sp³-hybridized carbons (Fsp3) is 0.0870. The van der Waals surface area contributed by atoms with E-state index in [-0.39, 0.29) is 11.5 Å². The van der Waals surface area contributed by atoms with Gasteiger partial charge in [0.1, 0.15) is 5.69 Å². The molecular weight excluding hydrogens is 414 g/mol. The van der Waals surface area contributed by atoms with Crippen molar-refractivity contribution < 1.29 is 4.79 Å². The van der Waals surface area contributed by atoms with E-state index < -0.39 is 0 Å². The van der Waals surface area contributed by atoms with Crippen LogP contribution in [0.15, 0.2) is 82.5 Å². The molecule has 2 heterocycles. The number of amides is 1. The van der Waals surface area contributed by atoms with E-state index in [0.29, 0.717) is 20.6 Å². The number of para-hydroxylation sites is 1. The van der Waals surface area contributed by atoms with Crippen LogP contribution < -0.4 is 10.5 Å². The summed E-state index contributed by atoms with van der Waals surface area (Å²) < 4.78 is 3.64. The molecule has 1 aliphatic rings. The molecule has 5 nitrogen and oxygen atoms in total. The Morgan fingerprint density at radius 2 is 1.60 bits per heavy atom. The van der Waals surface area contributed by atoms with Gasteiger partial charge in [0.05, 0.1) is 16.3 Å². The smallest absolute Gasteiger partial charge is 0.283 e. The van der Waals surface area contributed by atoms with E-state index in [9.17, 15) is 9.59 Å². The Balaban J connectivity index is 1.69. The summed E-state index contributed by atoms with van der Waals surface area (Å²) in [6.07, 6.45) is 5.48. The molecule has 4 rings (SSSR count). The van der Waals surface area contributed by atoms with Crippen molar-refractivity contribution >= 4 is 46.0 Å². The van der Waals surface area contributed by atoms with E-state index in [0.717, 1.165) is 11.3 Å². The highest BCUT2D eigenvalue weighted by molar-refractivity contribution is 8.27. The number of carbonyl (C=O) groups excluding carboxylic acids is 1. The van der Waals surface area contributed by atoms with Gasteiger partial charge in [-0.1, -0.05) is 84.7 Å². The van der Waals surface area contributed by atoms with Crippen molar-refractivity contribution in [3.63, 3.8) is 0 Å². The second-order valence-corrected chi connectivity index (χ2v) is 8.40. The Bertz CT molecular complexity index is 1240. The molecule has 0 bridgehead atoms. The average molecular weight is 434 g/mol. The third kappa shape index (κ3) is 3.58. The van der Waals surface area contributed by atoms with E-state index in [4.69, 9.17) is 12.2 Å². The summed E-state index contributed by atoms with van der Waals surface area (Å²) >= 11 is 6.66. The van der Waals surface area contributed by atoms with Crippen LogP contribution in [0.5, 0.6) is 0 Å². The van der Waals surface area contributed by atoms with E-state index in [1.54, 1.807) is 22.5 Å². The molecule has 0 atom stereocenters. The topological polar surface area (TPSA) is 47.2 Å². The van der Waals surface area contributed by atoms with Crippen molar-refractivity contribution in [2.24, 2.45) is 7.05 Å². The van der Waals surface area contributed by atoms with E-state index in [1.165, 1.54) is 16.7 Å². The van der Waals surface area contributed by atoms with Crippen LogP contribution in [0.25, 0.3) is 11.8 Å². The number of hydrogen-bond acceptors (Lipinski definition) is 4. The number of rotatable bonds is 4. The number of benzene rings is 2. The summed E-state index contributed by atoms with van der Waals surface area (Å²) in [7, 11) is 1.79. The molecule has 30 heavy (non-hydrogen) atoms. The van der Waals surface area contributed by atoms with Crippen LogP contribution in [0.2, 0.25) is 0 Å². The van der Waals surface area contributed by atoms with Gasteiger partial charge in [0.25, 0.3) is 11.5 Å². The fourth-order valence-corrected chi connectivity index (χ4v) is 4.52. The van der Waals surface area contributed by atoms with E-state index in [1.807, 2.05) is 79.7 Å². The summed E-state index contributed by atoms with van der Waals surface area (Å²) in [6.45, 7) is 1.81. The zero-order chi connectivity index (χ0) is 21.3. The number of thiocarbonyl (C=S) groups is 1. The largest absolute Gasteiger partial charge is 0.296 e. The van der Waals surface area contributed by atoms with Gasteiger partial charge in [0.2, 0.25) is 0 Å². The van der Waals surface area contributed by atoms with Crippen LogP contribution in [0.1, 0.15) is 11.3 Å². The van der Waals surface area contributed by atoms with Crippen LogP contribution in [0, 0.1) is 6.92 Å². The van der Waals surface area contributed by atoms with Crippen LogP contribution >= 0.6 is 24.0 Å². The van der Waals surface area contributed by atoms with Crippen molar-refractivity contribution in [2.75, 3.05) is 4.90 Å². The SMILES string of the molecule is Cc1c(N2C(=O)C(=CC=Cc3ccccc3)SC2=S)c(=O)n(-c2ccccc2)n1C. The standard InChI is InChI=1S/C23H19N3O2S2/c1-16-20(22(28)26(24(16)2)18-13-7-4-8-14-18)25-21(27)19(30-23(25)29)15-9-12-17-10-5-3-6-11-17/h3-15H,1-2H3. The fourth-order valence-electron chi connectivity index (χ4n) is 3.30. The van der Waals surface area contributed by atoms with Crippen molar-refractivity contribution in [1.29, 1.82) is 0 Å². The molecule has 1 aromatic heterocycles. The highest BCUT2D eigenvalue weighted by Crippen LogP contribution is 2.35. The summed E-state index contributed by atoms with van der Waals surface area (Å²) in [5.41, 5.74) is 2.44. The Morgan fingerprint density at radius 3 is 2.27 bits per heavy atom. The van der Waals surface area contributed by atoms with Gasteiger partial charge < -0.3 is 0 Å². The maximum Gasteiger partial charge on any atom is 0.296 e. The van der Waals surface area contributed by atoms with E-state index >= 15 is 0 Å². The first kappa shape index (κ1) is 20.1. The zero-order valence-electron chi connectivity index (χ0n) is 16.5. The van der Waals surface area contributed by atoms with Gasteiger partial charge in [-0.3, -0.25) is 19.2 Å². The third-order valence-electron chi connectivity index (χ3n) is 4.88. The van der Waals surface area contributed by atoms with Crippen molar-refractivity contribution in [3.8, 4) is 5.69 Å². The number of nitrogens with zero attached hydrogens (tertiary/aromatic N) is 3. The van der Waals surface area contributed by atoms with Gasteiger partial charge in [-0.2, -0.15) is 0 Å². The van der Waals surface area contributed by atoms with Gasteiger partial charge in [-0.15, -0.1) is 0 Å². The molecule has 0 saturated carbocycles. The molecule has 150 valence electrons. The highest BCUT2D eigenvalue weighted by Gasteiger charge is 2.37. The summed E-state index contributed by atoms with van der Waals surface area (Å²) in [6, 6.07) is 19.1. The molecule has 7 heteroatoms. The number of carbonyl (C=O) groups is 1. The second kappa shape index (κ2) is 8.30. The molecule has 0 unspecified atom stereocenters. The van der Waals surface area contributed by atoms with Crippen molar-refractivity contribution in [2.45, 2.75) is 6.92 Å². The highest BCUT2D eigenvalue weighted by atomic mass is 32.2. The molecule has 0 spiro atoms. The maximum atomic E-state index is 13.2. The normalized spacial score (nSPS) is 15.7. The lowest BCUT2D eigenvalue weighted by Crippen LogP contribution is -2.33. The van der Waals surface area contributed by atoms with Gasteiger partial charge in [-0.05, 0) is 30.7 Å². The maximum absolute atomic E-state index is 13.2. The molecular formula is C23H19N3O2S2. The average Bonchev–Trinajstić information content (AvgIpc) is 3.15. The molecule has 0 N–H and O–H groups in total. The summed E-state index contributed by atoms with van der Waals surface area (Å²) in [5.74, 6) is -0.284. The number of thioether (sulfide) groups is 1. The minimum atomic E-state index is -0.284. The van der Waals surface area contributed by atoms with Crippen molar-refractivity contribution in [3.05, 3.63) is 99.3 Å². The number of anilines is 1. The predicted molar refractivity (Wildman–Crippen MR) is 127 cm³/mol. The molecule has 1 aliphatic heterocycles. The Labute approximate surface area is 183 Å². The number of aromatic nitrogens is 2. The first-order valence-corrected chi connectivity index (χ1v) is 10.5. The van der Waals surface area contributed by atoms with Gasteiger partial charge in [-0.25, -0.2) is 4.68 Å². The minimum absolute atomic E-state index is 0.279. The van der Waals surface area contributed by atoms with Crippen LogP contribution in [-0.4, -0.2) is 19.6 Å². The zero-order valence-corrected chi connectivity index (χ0v) is 18.1. The summed E-state index contributed by atoms with van der Waals surface area (Å²) in [4.78, 5) is 28.2. The van der Waals surface area contributed by atoms with Crippen LogP contribution in [0.4, 0.5) is 5.69 Å². The molecule has 1 saturated heterocycles. The Morgan fingerprint density at radius 1 is 0.967 bits per heavy atom. The predicted octanol–water partition coefficient (Wildman–Crippen LogP) is 4.45. The third-order valence-corrected chi connectivity index (χ3v) is 6.20. The van der Waals surface area contributed by atoms with Gasteiger partial charge in [0, 0.05) is 7.05 Å². The minimum Gasteiger partial charge on any atom is -0.283 e. The first-order valence-electron chi connectivity index (χ1n) is 9.32. The monoisotopic (exact) mass is 433 g/mol. The van der Waals surface area contributed by atoms with Crippen molar-refractivity contribution in [1.82, 2.24) is 9.36 Å².